The molecule has 0 aliphatic carbocycles. The summed E-state index contributed by atoms with van der Waals surface area (Å²) < 4.78 is 0. The lowest BCUT2D eigenvalue weighted by molar-refractivity contribution is -0.384. The molecule has 1 aliphatic rings. The van der Waals surface area contributed by atoms with Gasteiger partial charge in [-0.15, -0.1) is 0 Å². The van der Waals surface area contributed by atoms with Gasteiger partial charge in [0.2, 0.25) is 11.8 Å². The lowest BCUT2D eigenvalue weighted by Gasteiger charge is -2.28. The molecule has 1 heterocycles. The Labute approximate surface area is 158 Å². The highest BCUT2D eigenvalue weighted by molar-refractivity contribution is 6.17. The van der Waals surface area contributed by atoms with Crippen LogP contribution in [0.5, 0.6) is 0 Å². The predicted octanol–water partition coefficient (Wildman–Crippen LogP) is 1.93. The molecule has 1 unspecified atom stereocenters. The molecule has 2 N–H and O–H groups in total. The van der Waals surface area contributed by atoms with Gasteiger partial charge in [0, 0.05) is 30.0 Å². The SMILES string of the molecule is O=C1NC(=O)C(C(CC(=O)c2ccc([N+](=O)[O-])cc2)c2ccccc2)C(=O)N1. The highest BCUT2D eigenvalue weighted by Crippen LogP contribution is 2.31. The second-order valence-electron chi connectivity index (χ2n) is 6.23. The van der Waals surface area contributed by atoms with Crippen LogP contribution in [0.25, 0.3) is 0 Å². The zero-order valence-electron chi connectivity index (χ0n) is 14.5. The van der Waals surface area contributed by atoms with Gasteiger partial charge in [-0.2, -0.15) is 0 Å². The Bertz CT molecular complexity index is 935. The third-order valence-corrected chi connectivity index (χ3v) is 4.47. The summed E-state index contributed by atoms with van der Waals surface area (Å²) in [5.74, 6) is -4.02. The van der Waals surface area contributed by atoms with Crippen LogP contribution in [0, 0.1) is 16.0 Å². The number of benzene rings is 2. The molecular formula is C19H15N3O6. The average molecular weight is 381 g/mol. The lowest BCUT2D eigenvalue weighted by Crippen LogP contribution is -2.57. The molecule has 1 saturated heterocycles. The number of non-ortho nitro benzene ring substituents is 1. The number of nitrogens with zero attached hydrogens (tertiary/aromatic N) is 1. The van der Waals surface area contributed by atoms with Crippen molar-refractivity contribution in [3.05, 3.63) is 75.8 Å². The van der Waals surface area contributed by atoms with Crippen LogP contribution in [-0.2, 0) is 9.59 Å². The number of nitro groups is 1. The topological polar surface area (TPSA) is 135 Å². The maximum absolute atomic E-state index is 12.7. The maximum Gasteiger partial charge on any atom is 0.328 e. The van der Waals surface area contributed by atoms with E-state index in [4.69, 9.17) is 0 Å². The third-order valence-electron chi connectivity index (χ3n) is 4.47. The molecule has 1 aliphatic heterocycles. The summed E-state index contributed by atoms with van der Waals surface area (Å²) in [7, 11) is 0. The number of nitrogens with one attached hydrogen (secondary N) is 2. The molecule has 0 radical (unpaired) electrons. The first-order chi connectivity index (χ1) is 13.4. The van der Waals surface area contributed by atoms with Crippen LogP contribution >= 0.6 is 0 Å². The number of rotatable bonds is 6. The normalized spacial score (nSPS) is 15.5. The van der Waals surface area contributed by atoms with E-state index in [2.05, 4.69) is 0 Å². The van der Waals surface area contributed by atoms with Gasteiger partial charge in [0.25, 0.3) is 5.69 Å². The number of urea groups is 1. The molecule has 9 nitrogen and oxygen atoms in total. The van der Waals surface area contributed by atoms with Crippen molar-refractivity contribution in [3.8, 4) is 0 Å². The minimum absolute atomic E-state index is 0.152. The van der Waals surface area contributed by atoms with Crippen LogP contribution in [0.2, 0.25) is 0 Å². The van der Waals surface area contributed by atoms with E-state index < -0.39 is 34.6 Å². The molecule has 2 aromatic carbocycles. The largest absolute Gasteiger partial charge is 0.328 e. The van der Waals surface area contributed by atoms with Gasteiger partial charge < -0.3 is 0 Å². The Hall–Kier alpha value is -3.88. The number of barbiturate groups is 1. The van der Waals surface area contributed by atoms with Gasteiger partial charge >= 0.3 is 6.03 Å². The van der Waals surface area contributed by atoms with Gasteiger partial charge in [-0.1, -0.05) is 30.3 Å². The van der Waals surface area contributed by atoms with Crippen LogP contribution in [0.3, 0.4) is 0 Å². The molecule has 3 rings (SSSR count). The lowest BCUT2D eigenvalue weighted by atomic mass is 9.79. The summed E-state index contributed by atoms with van der Waals surface area (Å²) in [5, 5.41) is 14.8. The number of hydrogen-bond donors (Lipinski definition) is 2. The number of amides is 4. The average Bonchev–Trinajstić information content (AvgIpc) is 2.67. The molecule has 4 amide bonds. The van der Waals surface area contributed by atoms with Gasteiger partial charge in [-0.25, -0.2) is 4.79 Å². The number of hydrogen-bond acceptors (Lipinski definition) is 6. The van der Waals surface area contributed by atoms with Crippen molar-refractivity contribution in [2.24, 2.45) is 5.92 Å². The number of nitro benzene ring substituents is 1. The van der Waals surface area contributed by atoms with Gasteiger partial charge in [-0.3, -0.25) is 35.1 Å². The number of ketones is 1. The van der Waals surface area contributed by atoms with Crippen molar-refractivity contribution in [3.63, 3.8) is 0 Å². The smallest absolute Gasteiger partial charge is 0.294 e. The van der Waals surface area contributed by atoms with Crippen molar-refractivity contribution in [1.29, 1.82) is 0 Å². The second kappa shape index (κ2) is 7.78. The van der Waals surface area contributed by atoms with E-state index in [-0.39, 0.29) is 23.5 Å². The first-order valence-corrected chi connectivity index (χ1v) is 8.35. The number of carbonyl (C=O) groups is 4. The first kappa shape index (κ1) is 18.9. The van der Waals surface area contributed by atoms with Crippen LogP contribution in [-0.4, -0.2) is 28.6 Å². The number of Topliss-reactive ketones (excluding diaryl/α,β-unsaturated/α-hetero) is 1. The molecule has 9 heteroatoms. The van der Waals surface area contributed by atoms with E-state index in [1.54, 1.807) is 30.3 Å². The fourth-order valence-corrected chi connectivity index (χ4v) is 3.11. The van der Waals surface area contributed by atoms with E-state index in [0.29, 0.717) is 5.56 Å². The zero-order valence-corrected chi connectivity index (χ0v) is 14.5. The molecule has 2 aromatic rings. The molecule has 142 valence electrons. The summed E-state index contributed by atoms with van der Waals surface area (Å²) in [6.45, 7) is 0. The van der Waals surface area contributed by atoms with Gasteiger partial charge in [0.1, 0.15) is 5.92 Å². The predicted molar refractivity (Wildman–Crippen MR) is 96.4 cm³/mol. The quantitative estimate of drug-likeness (QED) is 0.340. The molecular weight excluding hydrogens is 366 g/mol. The highest BCUT2D eigenvalue weighted by Gasteiger charge is 2.41. The molecule has 0 saturated carbocycles. The summed E-state index contributed by atoms with van der Waals surface area (Å²) in [4.78, 5) is 58.8. The van der Waals surface area contributed by atoms with Crippen molar-refractivity contribution in [1.82, 2.24) is 10.6 Å². The van der Waals surface area contributed by atoms with Crippen molar-refractivity contribution in [2.45, 2.75) is 12.3 Å². The molecule has 0 spiro atoms. The van der Waals surface area contributed by atoms with Crippen LogP contribution < -0.4 is 10.6 Å². The standard InChI is InChI=1S/C19H15N3O6/c23-15(12-6-8-13(9-7-12)22(27)28)10-14(11-4-2-1-3-5-11)16-17(24)20-19(26)21-18(16)25/h1-9,14,16H,10H2,(H2,20,21,24,25,26). The van der Waals surface area contributed by atoms with E-state index in [1.807, 2.05) is 10.6 Å². The van der Waals surface area contributed by atoms with Gasteiger partial charge in [0.15, 0.2) is 5.78 Å². The molecule has 28 heavy (non-hydrogen) atoms. The number of carbonyl (C=O) groups excluding carboxylic acids is 4. The van der Waals surface area contributed by atoms with Gasteiger partial charge in [0.05, 0.1) is 4.92 Å². The maximum atomic E-state index is 12.7. The molecule has 0 bridgehead atoms. The summed E-state index contributed by atoms with van der Waals surface area (Å²) in [6.07, 6.45) is -0.193. The summed E-state index contributed by atoms with van der Waals surface area (Å²) in [6, 6.07) is 12.7. The Balaban J connectivity index is 1.90. The van der Waals surface area contributed by atoms with Crippen LogP contribution in [0.4, 0.5) is 10.5 Å². The fraction of sp³-hybridized carbons (Fsp3) is 0.158. The van der Waals surface area contributed by atoms with E-state index >= 15 is 0 Å². The van der Waals surface area contributed by atoms with Crippen molar-refractivity contribution in [2.75, 3.05) is 0 Å². The molecule has 1 fully saturated rings. The van der Waals surface area contributed by atoms with Crippen LogP contribution in [0.1, 0.15) is 28.3 Å². The second-order valence-corrected chi connectivity index (χ2v) is 6.23. The monoisotopic (exact) mass is 381 g/mol. The minimum Gasteiger partial charge on any atom is -0.294 e. The van der Waals surface area contributed by atoms with E-state index in [9.17, 15) is 29.3 Å². The number of imide groups is 2. The fourth-order valence-electron chi connectivity index (χ4n) is 3.11. The summed E-state index contributed by atoms with van der Waals surface area (Å²) >= 11 is 0. The Morgan fingerprint density at radius 1 is 0.964 bits per heavy atom. The van der Waals surface area contributed by atoms with Crippen molar-refractivity contribution >= 4 is 29.3 Å². The van der Waals surface area contributed by atoms with Crippen molar-refractivity contribution < 1.29 is 24.1 Å². The van der Waals surface area contributed by atoms with E-state index in [1.165, 1.54) is 24.3 Å². The third kappa shape index (κ3) is 3.93. The Morgan fingerprint density at radius 2 is 1.54 bits per heavy atom. The first-order valence-electron chi connectivity index (χ1n) is 8.35. The summed E-state index contributed by atoms with van der Waals surface area (Å²) in [5.41, 5.74) is 0.655. The zero-order chi connectivity index (χ0) is 20.3. The molecule has 1 atom stereocenters. The van der Waals surface area contributed by atoms with Crippen LogP contribution in [0.15, 0.2) is 54.6 Å². The minimum atomic E-state index is -1.26. The van der Waals surface area contributed by atoms with Gasteiger partial charge in [-0.05, 0) is 17.7 Å². The highest BCUT2D eigenvalue weighted by atomic mass is 16.6. The Kier molecular flexibility index (Phi) is 5.25. The molecule has 0 aromatic heterocycles. The van der Waals surface area contributed by atoms with E-state index in [0.717, 1.165) is 0 Å². The Morgan fingerprint density at radius 3 is 2.07 bits per heavy atom.